The summed E-state index contributed by atoms with van der Waals surface area (Å²) in [7, 11) is 0. The van der Waals surface area contributed by atoms with Crippen LogP contribution in [0.2, 0.25) is 5.02 Å². The third kappa shape index (κ3) is 8.56. The number of halogens is 1. The average molecular weight is 367 g/mol. The van der Waals surface area contributed by atoms with Crippen molar-refractivity contribution in [1.82, 2.24) is 5.32 Å². The maximum atomic E-state index is 5.99. The largest absolute Gasteiger partial charge is 0.232 e. The predicted octanol–water partition coefficient (Wildman–Crippen LogP) is 6.75. The van der Waals surface area contributed by atoms with E-state index in [4.69, 9.17) is 11.6 Å². The topological polar surface area (TPSA) is 14.1 Å². The summed E-state index contributed by atoms with van der Waals surface area (Å²) in [5.41, 5.74) is 3.46. The molecule has 0 saturated heterocycles. The van der Waals surface area contributed by atoms with Gasteiger partial charge in [-0.3, -0.25) is 0 Å². The minimum atomic E-state index is 0.695. The Kier molecular flexibility index (Phi) is 9.95. The molecule has 2 aromatic carbocycles. The highest BCUT2D eigenvalue weighted by Crippen LogP contribution is 2.11. The van der Waals surface area contributed by atoms with Crippen molar-refractivity contribution in [2.75, 3.05) is 0 Å². The minimum Gasteiger partial charge on any atom is -0.232 e. The molecule has 0 aliphatic rings. The van der Waals surface area contributed by atoms with E-state index in [2.05, 4.69) is 54.4 Å². The molecule has 2 rings (SSSR count). The van der Waals surface area contributed by atoms with Crippen LogP contribution in [0, 0.1) is 11.8 Å². The number of hydrogen-bond acceptors (Lipinski definition) is 0. The third-order valence-corrected chi connectivity index (χ3v) is 4.55. The quantitative estimate of drug-likeness (QED) is 0.326. The first-order valence-electron chi connectivity index (χ1n) is 9.73. The Morgan fingerprint density at radius 2 is 1.58 bits per heavy atom. The Balaban J connectivity index is 1.65. The van der Waals surface area contributed by atoms with Gasteiger partial charge in [-0.05, 0) is 41.8 Å². The molecule has 137 valence electrons. The highest BCUT2D eigenvalue weighted by molar-refractivity contribution is 6.30. The second-order valence-corrected chi connectivity index (χ2v) is 7.12. The highest BCUT2D eigenvalue weighted by atomic mass is 35.5. The molecule has 1 radical (unpaired) electrons. The minimum absolute atomic E-state index is 0.695. The van der Waals surface area contributed by atoms with Crippen molar-refractivity contribution in [2.24, 2.45) is 0 Å². The van der Waals surface area contributed by atoms with E-state index >= 15 is 0 Å². The van der Waals surface area contributed by atoms with Crippen LogP contribution >= 0.6 is 11.6 Å². The Labute approximate surface area is 164 Å². The van der Waals surface area contributed by atoms with Gasteiger partial charge >= 0.3 is 0 Å². The molecule has 2 aromatic rings. The molecule has 0 atom stereocenters. The normalized spacial score (nSPS) is 10.4. The van der Waals surface area contributed by atoms with Crippen molar-refractivity contribution < 1.29 is 0 Å². The van der Waals surface area contributed by atoms with Crippen LogP contribution in [0.4, 0.5) is 0 Å². The smallest absolute Gasteiger partial charge is 0.0409 e. The van der Waals surface area contributed by atoms with Crippen LogP contribution in [0.3, 0.4) is 0 Å². The predicted molar refractivity (Wildman–Crippen MR) is 112 cm³/mol. The van der Waals surface area contributed by atoms with Crippen molar-refractivity contribution in [3.63, 3.8) is 0 Å². The van der Waals surface area contributed by atoms with E-state index in [1.807, 2.05) is 18.2 Å². The first-order valence-corrected chi connectivity index (χ1v) is 10.1. The lowest BCUT2D eigenvalue weighted by atomic mass is 10.1. The van der Waals surface area contributed by atoms with Gasteiger partial charge in [0.05, 0.1) is 0 Å². The number of nitrogens with zero attached hydrogens (tertiary/aromatic N) is 1. The summed E-state index contributed by atoms with van der Waals surface area (Å²) < 4.78 is 0. The molecule has 26 heavy (non-hydrogen) atoms. The van der Waals surface area contributed by atoms with Gasteiger partial charge in [0.1, 0.15) is 0 Å². The fourth-order valence-corrected chi connectivity index (χ4v) is 3.01. The van der Waals surface area contributed by atoms with E-state index in [-0.39, 0.29) is 0 Å². The summed E-state index contributed by atoms with van der Waals surface area (Å²) in [6.45, 7) is 3.67. The molecule has 2 heteroatoms. The zero-order valence-corrected chi connectivity index (χ0v) is 16.6. The first-order chi connectivity index (χ1) is 12.8. The van der Waals surface area contributed by atoms with E-state index in [0.717, 1.165) is 29.1 Å². The molecule has 0 unspecified atom stereocenters. The molecule has 1 nitrogen and oxygen atoms in total. The maximum absolute atomic E-state index is 5.99. The van der Waals surface area contributed by atoms with Gasteiger partial charge in [-0.15, -0.1) is 0 Å². The summed E-state index contributed by atoms with van der Waals surface area (Å²) in [4.78, 5) is 0. The van der Waals surface area contributed by atoms with Crippen LogP contribution in [0.5, 0.6) is 0 Å². The molecule has 0 heterocycles. The van der Waals surface area contributed by atoms with E-state index in [1.165, 1.54) is 44.1 Å². The summed E-state index contributed by atoms with van der Waals surface area (Å²) >= 11 is 5.99. The number of hydrogen-bond donors (Lipinski definition) is 0. The molecule has 0 saturated carbocycles. The molecule has 0 amide bonds. The number of rotatable bonds is 10. The number of benzene rings is 2. The second kappa shape index (κ2) is 12.6. The Morgan fingerprint density at radius 3 is 2.35 bits per heavy atom. The Morgan fingerprint density at radius 1 is 0.846 bits per heavy atom. The summed E-state index contributed by atoms with van der Waals surface area (Å²) in [6.07, 6.45) is 8.92. The van der Waals surface area contributed by atoms with Crippen LogP contribution in [0.25, 0.3) is 0 Å². The molecule has 0 spiro atoms. The lowest BCUT2D eigenvalue weighted by molar-refractivity contribution is 0.614. The molecular weight excluding hydrogens is 338 g/mol. The van der Waals surface area contributed by atoms with Gasteiger partial charge in [0.2, 0.25) is 0 Å². The van der Waals surface area contributed by atoms with Crippen LogP contribution in [0.1, 0.15) is 68.6 Å². The van der Waals surface area contributed by atoms with Gasteiger partial charge in [-0.1, -0.05) is 86.7 Å². The Hall–Kier alpha value is -1.75. The monoisotopic (exact) mass is 366 g/mol. The van der Waals surface area contributed by atoms with Crippen molar-refractivity contribution >= 4 is 11.6 Å². The van der Waals surface area contributed by atoms with E-state index in [1.54, 1.807) is 0 Å². The average Bonchev–Trinajstić information content (AvgIpc) is 2.65. The van der Waals surface area contributed by atoms with Crippen molar-refractivity contribution in [3.05, 3.63) is 70.2 Å². The van der Waals surface area contributed by atoms with E-state index in [0.29, 0.717) is 6.54 Å². The summed E-state index contributed by atoms with van der Waals surface area (Å²) in [6, 6.07) is 16.3. The molecule has 0 fully saturated rings. The van der Waals surface area contributed by atoms with Crippen molar-refractivity contribution in [3.8, 4) is 11.8 Å². The van der Waals surface area contributed by atoms with Crippen LogP contribution in [-0.2, 0) is 13.1 Å². The first kappa shape index (κ1) is 20.6. The molecular formula is C24H29ClN. The summed E-state index contributed by atoms with van der Waals surface area (Å²) in [5, 5.41) is 5.37. The van der Waals surface area contributed by atoms with Gasteiger partial charge in [0.15, 0.2) is 0 Å². The van der Waals surface area contributed by atoms with Crippen LogP contribution in [0.15, 0.2) is 48.5 Å². The highest BCUT2D eigenvalue weighted by Gasteiger charge is 1.97. The SMILES string of the molecule is CCCCCCCCC#Cc1ccc(C[N]Cc2cccc(Cl)c2)cc1. The van der Waals surface area contributed by atoms with Crippen LogP contribution < -0.4 is 5.32 Å². The maximum Gasteiger partial charge on any atom is 0.0409 e. The zero-order valence-electron chi connectivity index (χ0n) is 15.8. The van der Waals surface area contributed by atoms with Crippen molar-refractivity contribution in [1.29, 1.82) is 0 Å². The standard InChI is InChI=1S/C24H29ClN/c1-2-3-4-5-6-7-8-9-11-21-14-16-22(17-15-21)19-26-20-23-12-10-13-24(25)18-23/h10,12-18H,2-8,19-20H2,1H3. The van der Waals surface area contributed by atoms with Gasteiger partial charge in [-0.25, -0.2) is 5.32 Å². The molecule has 0 bridgehead atoms. The molecule has 0 aliphatic heterocycles. The molecule has 0 aromatic heterocycles. The fourth-order valence-electron chi connectivity index (χ4n) is 2.80. The lowest BCUT2D eigenvalue weighted by Crippen LogP contribution is -2.04. The van der Waals surface area contributed by atoms with Gasteiger partial charge in [-0.2, -0.15) is 0 Å². The van der Waals surface area contributed by atoms with Crippen molar-refractivity contribution in [2.45, 2.75) is 65.0 Å². The van der Waals surface area contributed by atoms with E-state index < -0.39 is 0 Å². The van der Waals surface area contributed by atoms with Crippen LogP contribution in [-0.4, -0.2) is 0 Å². The zero-order chi connectivity index (χ0) is 18.5. The number of unbranched alkanes of at least 4 members (excludes halogenated alkanes) is 6. The third-order valence-electron chi connectivity index (χ3n) is 4.32. The molecule has 0 N–H and O–H groups in total. The van der Waals surface area contributed by atoms with E-state index in [9.17, 15) is 0 Å². The Bertz CT molecular complexity index is 694. The fraction of sp³-hybridized carbons (Fsp3) is 0.417. The van der Waals surface area contributed by atoms with Gasteiger partial charge in [0.25, 0.3) is 0 Å². The van der Waals surface area contributed by atoms with Gasteiger partial charge in [0, 0.05) is 30.1 Å². The summed E-state index contributed by atoms with van der Waals surface area (Å²) in [5.74, 6) is 6.56. The second-order valence-electron chi connectivity index (χ2n) is 6.69. The lowest BCUT2D eigenvalue weighted by Gasteiger charge is -2.04. The molecule has 0 aliphatic carbocycles. The van der Waals surface area contributed by atoms with Gasteiger partial charge < -0.3 is 0 Å².